The minimum atomic E-state index is -0.218. The lowest BCUT2D eigenvalue weighted by atomic mass is 9.87. The van der Waals surface area contributed by atoms with Crippen molar-refractivity contribution in [1.82, 2.24) is 5.32 Å². The summed E-state index contributed by atoms with van der Waals surface area (Å²) in [6.07, 6.45) is 4.14. The second-order valence-corrected chi connectivity index (χ2v) is 5.69. The number of anilines is 1. The van der Waals surface area contributed by atoms with Crippen LogP contribution in [0.5, 0.6) is 0 Å². The van der Waals surface area contributed by atoms with Gasteiger partial charge in [0.1, 0.15) is 0 Å². The maximum absolute atomic E-state index is 12.1. The molecule has 1 amide bonds. The number of nitrogens with two attached hydrogens (primary N) is 1. The first-order chi connectivity index (χ1) is 9.06. The van der Waals surface area contributed by atoms with Gasteiger partial charge in [0.15, 0.2) is 0 Å². The zero-order valence-electron chi connectivity index (χ0n) is 10.8. The molecule has 1 aromatic rings. The molecule has 19 heavy (non-hydrogen) atoms. The average molecular weight is 283 g/mol. The SMILES string of the molecule is Nc1ccc(C(=O)NCC2(CO)CCCC2)c(Cl)c1. The number of hydrogen-bond acceptors (Lipinski definition) is 3. The van der Waals surface area contributed by atoms with Gasteiger partial charge in [-0.15, -0.1) is 0 Å². The van der Waals surface area contributed by atoms with Gasteiger partial charge in [-0.05, 0) is 31.0 Å². The predicted octanol–water partition coefficient (Wildman–Crippen LogP) is 2.20. The monoisotopic (exact) mass is 282 g/mol. The minimum Gasteiger partial charge on any atom is -0.399 e. The van der Waals surface area contributed by atoms with E-state index in [1.54, 1.807) is 18.2 Å². The van der Waals surface area contributed by atoms with Crippen molar-refractivity contribution in [1.29, 1.82) is 0 Å². The Morgan fingerprint density at radius 1 is 1.42 bits per heavy atom. The Morgan fingerprint density at radius 3 is 2.68 bits per heavy atom. The van der Waals surface area contributed by atoms with Crippen molar-refractivity contribution < 1.29 is 9.90 Å². The molecular formula is C14H19ClN2O2. The fourth-order valence-electron chi connectivity index (χ4n) is 2.59. The summed E-state index contributed by atoms with van der Waals surface area (Å²) in [5.41, 5.74) is 6.39. The van der Waals surface area contributed by atoms with Crippen LogP contribution < -0.4 is 11.1 Å². The second kappa shape index (κ2) is 5.80. The van der Waals surface area contributed by atoms with E-state index >= 15 is 0 Å². The number of benzene rings is 1. The van der Waals surface area contributed by atoms with Gasteiger partial charge in [0.05, 0.1) is 17.2 Å². The number of nitrogens with one attached hydrogen (secondary N) is 1. The first-order valence-corrected chi connectivity index (χ1v) is 6.88. The van der Waals surface area contributed by atoms with E-state index in [1.807, 2.05) is 0 Å². The van der Waals surface area contributed by atoms with Crippen molar-refractivity contribution in [3.8, 4) is 0 Å². The molecule has 5 heteroatoms. The fourth-order valence-corrected chi connectivity index (χ4v) is 2.87. The van der Waals surface area contributed by atoms with Crippen LogP contribution in [0.2, 0.25) is 5.02 Å². The Morgan fingerprint density at radius 2 is 2.11 bits per heavy atom. The Bertz CT molecular complexity index is 471. The van der Waals surface area contributed by atoms with E-state index in [0.717, 1.165) is 25.7 Å². The summed E-state index contributed by atoms with van der Waals surface area (Å²) < 4.78 is 0. The van der Waals surface area contributed by atoms with Crippen LogP contribution in [0.4, 0.5) is 5.69 Å². The van der Waals surface area contributed by atoms with E-state index in [0.29, 0.717) is 22.8 Å². The minimum absolute atomic E-state index is 0.114. The number of carbonyl (C=O) groups is 1. The molecule has 4 N–H and O–H groups in total. The molecule has 1 saturated carbocycles. The topological polar surface area (TPSA) is 75.4 Å². The van der Waals surface area contributed by atoms with E-state index in [9.17, 15) is 9.90 Å². The van der Waals surface area contributed by atoms with Gasteiger partial charge in [-0.2, -0.15) is 0 Å². The largest absolute Gasteiger partial charge is 0.399 e. The summed E-state index contributed by atoms with van der Waals surface area (Å²) in [6, 6.07) is 4.83. The summed E-state index contributed by atoms with van der Waals surface area (Å²) in [5.74, 6) is -0.218. The maximum atomic E-state index is 12.1. The first-order valence-electron chi connectivity index (χ1n) is 6.50. The van der Waals surface area contributed by atoms with Crippen molar-refractivity contribution in [2.45, 2.75) is 25.7 Å². The van der Waals surface area contributed by atoms with Crippen LogP contribution in [0.3, 0.4) is 0 Å². The number of aliphatic hydroxyl groups excluding tert-OH is 1. The third-order valence-electron chi connectivity index (χ3n) is 3.86. The average Bonchev–Trinajstić information content (AvgIpc) is 2.85. The highest BCUT2D eigenvalue weighted by Crippen LogP contribution is 2.37. The molecule has 0 unspecified atom stereocenters. The lowest BCUT2D eigenvalue weighted by Crippen LogP contribution is -2.38. The lowest BCUT2D eigenvalue weighted by Gasteiger charge is -2.26. The normalized spacial score (nSPS) is 17.4. The van der Waals surface area contributed by atoms with E-state index in [-0.39, 0.29) is 17.9 Å². The molecule has 0 aromatic heterocycles. The Kier molecular flexibility index (Phi) is 4.32. The molecule has 1 fully saturated rings. The van der Waals surface area contributed by atoms with Crippen LogP contribution in [0.15, 0.2) is 18.2 Å². The maximum Gasteiger partial charge on any atom is 0.252 e. The van der Waals surface area contributed by atoms with E-state index < -0.39 is 0 Å². The fraction of sp³-hybridized carbons (Fsp3) is 0.500. The van der Waals surface area contributed by atoms with Crippen molar-refractivity contribution in [2.24, 2.45) is 5.41 Å². The first kappa shape index (κ1) is 14.2. The standard InChI is InChI=1S/C14H19ClN2O2/c15-12-7-10(16)3-4-11(12)13(19)17-8-14(9-18)5-1-2-6-14/h3-4,7,18H,1-2,5-6,8-9,16H2,(H,17,19). The van der Waals surface area contributed by atoms with Crippen LogP contribution in [-0.4, -0.2) is 24.2 Å². The van der Waals surface area contributed by atoms with Crippen molar-refractivity contribution in [2.75, 3.05) is 18.9 Å². The molecule has 1 aromatic carbocycles. The third kappa shape index (κ3) is 3.19. The summed E-state index contributed by atoms with van der Waals surface area (Å²) in [4.78, 5) is 12.1. The Hall–Kier alpha value is -1.26. The molecule has 0 aliphatic heterocycles. The third-order valence-corrected chi connectivity index (χ3v) is 4.17. The van der Waals surface area contributed by atoms with Crippen LogP contribution in [0.1, 0.15) is 36.0 Å². The Labute approximate surface area is 117 Å². The highest BCUT2D eigenvalue weighted by atomic mass is 35.5. The van der Waals surface area contributed by atoms with Gasteiger partial charge >= 0.3 is 0 Å². The van der Waals surface area contributed by atoms with Gasteiger partial charge in [-0.1, -0.05) is 24.4 Å². The molecule has 0 spiro atoms. The second-order valence-electron chi connectivity index (χ2n) is 5.29. The molecule has 0 atom stereocenters. The number of hydrogen-bond donors (Lipinski definition) is 3. The lowest BCUT2D eigenvalue weighted by molar-refractivity contribution is 0.0881. The number of carbonyl (C=O) groups excluding carboxylic acids is 1. The summed E-state index contributed by atoms with van der Waals surface area (Å²) in [7, 11) is 0. The van der Waals surface area contributed by atoms with Crippen LogP contribution in [0, 0.1) is 5.41 Å². The molecule has 0 heterocycles. The van der Waals surface area contributed by atoms with Crippen molar-refractivity contribution in [3.63, 3.8) is 0 Å². The molecule has 2 rings (SSSR count). The highest BCUT2D eigenvalue weighted by molar-refractivity contribution is 6.34. The summed E-state index contributed by atoms with van der Waals surface area (Å²) in [6.45, 7) is 0.603. The predicted molar refractivity (Wildman–Crippen MR) is 76.2 cm³/mol. The smallest absolute Gasteiger partial charge is 0.252 e. The van der Waals surface area contributed by atoms with Gasteiger partial charge in [0.2, 0.25) is 0 Å². The quantitative estimate of drug-likeness (QED) is 0.741. The zero-order chi connectivity index (χ0) is 13.9. The van der Waals surface area contributed by atoms with E-state index in [4.69, 9.17) is 17.3 Å². The van der Waals surface area contributed by atoms with Gasteiger partial charge in [-0.25, -0.2) is 0 Å². The van der Waals surface area contributed by atoms with Gasteiger partial charge in [0.25, 0.3) is 5.91 Å². The molecule has 0 saturated heterocycles. The molecule has 104 valence electrons. The van der Waals surface area contributed by atoms with Crippen molar-refractivity contribution in [3.05, 3.63) is 28.8 Å². The highest BCUT2D eigenvalue weighted by Gasteiger charge is 2.33. The molecule has 4 nitrogen and oxygen atoms in total. The summed E-state index contributed by atoms with van der Waals surface area (Å²) >= 11 is 6.00. The van der Waals surface area contributed by atoms with Crippen LogP contribution in [-0.2, 0) is 0 Å². The van der Waals surface area contributed by atoms with Crippen molar-refractivity contribution >= 4 is 23.2 Å². The molecule has 1 aliphatic carbocycles. The van der Waals surface area contributed by atoms with E-state index in [1.165, 1.54) is 0 Å². The number of nitrogen functional groups attached to an aromatic ring is 1. The van der Waals surface area contributed by atoms with Crippen LogP contribution >= 0.6 is 11.6 Å². The number of rotatable bonds is 4. The Balaban J connectivity index is 2.01. The molecule has 0 bridgehead atoms. The van der Waals surface area contributed by atoms with Gasteiger partial charge in [0, 0.05) is 17.6 Å². The van der Waals surface area contributed by atoms with Gasteiger partial charge < -0.3 is 16.2 Å². The number of amides is 1. The zero-order valence-corrected chi connectivity index (χ0v) is 11.5. The van der Waals surface area contributed by atoms with E-state index in [2.05, 4.69) is 5.32 Å². The molecule has 0 radical (unpaired) electrons. The molecule has 1 aliphatic rings. The van der Waals surface area contributed by atoms with Gasteiger partial charge in [-0.3, -0.25) is 4.79 Å². The molecular weight excluding hydrogens is 264 g/mol. The summed E-state index contributed by atoms with van der Waals surface area (Å²) in [5, 5.41) is 12.7. The number of aliphatic hydroxyl groups is 1. The van der Waals surface area contributed by atoms with Crippen LogP contribution in [0.25, 0.3) is 0 Å². The number of halogens is 1.